The molecule has 0 bridgehead atoms. The molecule has 1 aromatic rings. The molecule has 0 amide bonds. The van der Waals surface area contributed by atoms with Gasteiger partial charge in [0, 0.05) is 6.42 Å². The zero-order valence-corrected chi connectivity index (χ0v) is 10.6. The minimum Gasteiger partial charge on any atom is -0.490 e. The van der Waals surface area contributed by atoms with Crippen molar-refractivity contribution < 1.29 is 23.4 Å². The maximum Gasteiger partial charge on any atom is 0.387 e. The van der Waals surface area contributed by atoms with E-state index in [1.807, 2.05) is 0 Å². The minimum absolute atomic E-state index is 0.0512. The highest BCUT2D eigenvalue weighted by atomic mass is 19.3. The first-order chi connectivity index (χ1) is 9.08. The molecule has 0 fully saturated rings. The Morgan fingerprint density at radius 3 is 2.68 bits per heavy atom. The Morgan fingerprint density at radius 1 is 1.37 bits per heavy atom. The Kier molecular flexibility index (Phi) is 6.10. The highest BCUT2D eigenvalue weighted by molar-refractivity contribution is 5.43. The van der Waals surface area contributed by atoms with Gasteiger partial charge in [-0.2, -0.15) is 8.78 Å². The number of hydrogen-bond acceptors (Lipinski definition) is 3. The third-order valence-electron chi connectivity index (χ3n) is 2.43. The van der Waals surface area contributed by atoms with Gasteiger partial charge in [0.15, 0.2) is 11.5 Å². The van der Waals surface area contributed by atoms with E-state index in [4.69, 9.17) is 11.2 Å². The van der Waals surface area contributed by atoms with E-state index in [0.29, 0.717) is 25.0 Å². The highest BCUT2D eigenvalue weighted by Gasteiger charge is 2.14. The van der Waals surface area contributed by atoms with Crippen LogP contribution in [0, 0.1) is 12.3 Å². The molecule has 0 aliphatic heterocycles. The summed E-state index contributed by atoms with van der Waals surface area (Å²) >= 11 is 0. The van der Waals surface area contributed by atoms with Gasteiger partial charge in [0.1, 0.15) is 0 Å². The maximum absolute atomic E-state index is 12.2. The number of terminal acetylenes is 1. The second kappa shape index (κ2) is 7.59. The van der Waals surface area contributed by atoms with E-state index in [1.54, 1.807) is 6.92 Å². The number of halogens is 2. The van der Waals surface area contributed by atoms with E-state index >= 15 is 0 Å². The summed E-state index contributed by atoms with van der Waals surface area (Å²) in [7, 11) is 0. The molecule has 1 unspecified atom stereocenters. The Labute approximate surface area is 111 Å². The van der Waals surface area contributed by atoms with E-state index in [-0.39, 0.29) is 11.5 Å². The first-order valence-corrected chi connectivity index (χ1v) is 5.91. The van der Waals surface area contributed by atoms with Gasteiger partial charge >= 0.3 is 6.61 Å². The van der Waals surface area contributed by atoms with Crippen LogP contribution in [-0.4, -0.2) is 18.3 Å². The van der Waals surface area contributed by atoms with Crippen LogP contribution in [0.25, 0.3) is 0 Å². The molecular formula is C14H16F2O3. The van der Waals surface area contributed by atoms with Crippen molar-refractivity contribution in [1.82, 2.24) is 0 Å². The Morgan fingerprint density at radius 2 is 2.11 bits per heavy atom. The molecule has 0 aromatic heterocycles. The Balaban J connectivity index is 2.91. The quantitative estimate of drug-likeness (QED) is 0.774. The fraction of sp³-hybridized carbons (Fsp3) is 0.429. The fourth-order valence-electron chi connectivity index (χ4n) is 1.58. The largest absolute Gasteiger partial charge is 0.490 e. The average Bonchev–Trinajstić information content (AvgIpc) is 2.37. The predicted octanol–water partition coefficient (Wildman–Crippen LogP) is 3.13. The van der Waals surface area contributed by atoms with Gasteiger partial charge in [0.25, 0.3) is 0 Å². The average molecular weight is 270 g/mol. The molecule has 1 aromatic carbocycles. The van der Waals surface area contributed by atoms with Gasteiger partial charge in [-0.3, -0.25) is 0 Å². The van der Waals surface area contributed by atoms with Crippen molar-refractivity contribution in [1.29, 1.82) is 0 Å². The molecule has 0 heterocycles. The summed E-state index contributed by atoms with van der Waals surface area (Å²) in [5.74, 6) is 2.56. The second-order valence-corrected chi connectivity index (χ2v) is 3.78. The Bertz CT molecular complexity index is 441. The molecule has 3 nitrogen and oxygen atoms in total. The van der Waals surface area contributed by atoms with Crippen LogP contribution in [0.1, 0.15) is 31.4 Å². The lowest BCUT2D eigenvalue weighted by Gasteiger charge is -2.15. The lowest BCUT2D eigenvalue weighted by atomic mass is 10.0. The van der Waals surface area contributed by atoms with Crippen molar-refractivity contribution in [2.45, 2.75) is 32.5 Å². The summed E-state index contributed by atoms with van der Waals surface area (Å²) in [5, 5.41) is 9.88. The van der Waals surface area contributed by atoms with Crippen LogP contribution < -0.4 is 9.47 Å². The van der Waals surface area contributed by atoms with Gasteiger partial charge in [-0.25, -0.2) is 0 Å². The molecule has 1 atom stereocenters. The molecule has 0 spiro atoms. The smallest absolute Gasteiger partial charge is 0.387 e. The number of aliphatic hydroxyl groups excluding tert-OH is 1. The summed E-state index contributed by atoms with van der Waals surface area (Å²) in [4.78, 5) is 0. The fourth-order valence-corrected chi connectivity index (χ4v) is 1.58. The van der Waals surface area contributed by atoms with Crippen molar-refractivity contribution in [3.8, 4) is 23.8 Å². The SMILES string of the molecule is C#CCCC(O)c1ccc(OC(F)F)c(OCC)c1. The zero-order chi connectivity index (χ0) is 14.3. The molecule has 0 aliphatic rings. The molecule has 0 saturated heterocycles. The van der Waals surface area contributed by atoms with Crippen LogP contribution in [0.15, 0.2) is 18.2 Å². The summed E-state index contributed by atoms with van der Waals surface area (Å²) in [6.45, 7) is -0.881. The molecule has 0 radical (unpaired) electrons. The minimum atomic E-state index is -2.92. The van der Waals surface area contributed by atoms with Gasteiger partial charge in [-0.15, -0.1) is 12.3 Å². The first kappa shape index (κ1) is 15.3. The van der Waals surface area contributed by atoms with Gasteiger partial charge < -0.3 is 14.6 Å². The van der Waals surface area contributed by atoms with Crippen LogP contribution in [0.3, 0.4) is 0 Å². The Hall–Kier alpha value is -1.80. The molecule has 0 aliphatic carbocycles. The van der Waals surface area contributed by atoms with E-state index in [1.165, 1.54) is 18.2 Å². The number of alkyl halides is 2. The van der Waals surface area contributed by atoms with Crippen LogP contribution in [0.4, 0.5) is 8.78 Å². The summed E-state index contributed by atoms with van der Waals surface area (Å²) in [6, 6.07) is 4.36. The van der Waals surface area contributed by atoms with Crippen molar-refractivity contribution >= 4 is 0 Å². The van der Waals surface area contributed by atoms with Gasteiger partial charge in [0.2, 0.25) is 0 Å². The van der Waals surface area contributed by atoms with E-state index in [0.717, 1.165) is 0 Å². The van der Waals surface area contributed by atoms with E-state index in [9.17, 15) is 13.9 Å². The standard InChI is InChI=1S/C14H16F2O3/c1-3-5-6-11(17)10-7-8-12(19-14(15)16)13(9-10)18-4-2/h1,7-9,11,14,17H,4-6H2,2H3. The van der Waals surface area contributed by atoms with Crippen molar-refractivity contribution in [3.05, 3.63) is 23.8 Å². The summed E-state index contributed by atoms with van der Waals surface area (Å²) in [5.41, 5.74) is 0.556. The molecule has 19 heavy (non-hydrogen) atoms. The van der Waals surface area contributed by atoms with E-state index in [2.05, 4.69) is 10.7 Å². The molecule has 0 saturated carbocycles. The van der Waals surface area contributed by atoms with Gasteiger partial charge in [-0.05, 0) is 31.0 Å². The van der Waals surface area contributed by atoms with Crippen molar-refractivity contribution in [2.24, 2.45) is 0 Å². The third kappa shape index (κ3) is 4.76. The topological polar surface area (TPSA) is 38.7 Å². The lowest BCUT2D eigenvalue weighted by Crippen LogP contribution is -2.06. The number of hydrogen-bond donors (Lipinski definition) is 1. The first-order valence-electron chi connectivity index (χ1n) is 5.91. The molecule has 104 valence electrons. The number of aliphatic hydroxyl groups is 1. The van der Waals surface area contributed by atoms with Crippen LogP contribution in [0.5, 0.6) is 11.5 Å². The summed E-state index contributed by atoms with van der Waals surface area (Å²) < 4.78 is 34.0. The molecular weight excluding hydrogens is 254 g/mol. The van der Waals surface area contributed by atoms with Crippen LogP contribution in [-0.2, 0) is 0 Å². The molecule has 5 heteroatoms. The van der Waals surface area contributed by atoms with Gasteiger partial charge in [0.05, 0.1) is 12.7 Å². The van der Waals surface area contributed by atoms with E-state index < -0.39 is 12.7 Å². The second-order valence-electron chi connectivity index (χ2n) is 3.78. The van der Waals surface area contributed by atoms with Crippen LogP contribution >= 0.6 is 0 Å². The van der Waals surface area contributed by atoms with Crippen molar-refractivity contribution in [2.75, 3.05) is 6.61 Å². The zero-order valence-electron chi connectivity index (χ0n) is 10.6. The van der Waals surface area contributed by atoms with Crippen LogP contribution in [0.2, 0.25) is 0 Å². The summed E-state index contributed by atoms with van der Waals surface area (Å²) in [6.07, 6.45) is 5.20. The number of ether oxygens (including phenoxy) is 2. The lowest BCUT2D eigenvalue weighted by molar-refractivity contribution is -0.0514. The normalized spacial score (nSPS) is 12.0. The third-order valence-corrected chi connectivity index (χ3v) is 2.43. The predicted molar refractivity (Wildman–Crippen MR) is 67.3 cm³/mol. The van der Waals surface area contributed by atoms with Crippen molar-refractivity contribution in [3.63, 3.8) is 0 Å². The van der Waals surface area contributed by atoms with Gasteiger partial charge in [-0.1, -0.05) is 6.07 Å². The molecule has 1 rings (SSSR count). The highest BCUT2D eigenvalue weighted by Crippen LogP contribution is 2.32. The monoisotopic (exact) mass is 270 g/mol. The number of rotatable bonds is 7. The maximum atomic E-state index is 12.2. The molecule has 1 N–H and O–H groups in total. The number of benzene rings is 1.